The predicted molar refractivity (Wildman–Crippen MR) is 79.7 cm³/mol. The van der Waals surface area contributed by atoms with Crippen molar-refractivity contribution < 1.29 is 19.4 Å². The van der Waals surface area contributed by atoms with Crippen LogP contribution in [-0.2, 0) is 16.0 Å². The topological polar surface area (TPSA) is 75.6 Å². The average Bonchev–Trinajstić information content (AvgIpc) is 2.64. The van der Waals surface area contributed by atoms with Gasteiger partial charge in [0, 0.05) is 4.88 Å². The molecule has 0 bridgehead atoms. The maximum Gasteiger partial charge on any atom is 0.339 e. The average molecular weight is 299 g/mol. The highest BCUT2D eigenvalue weighted by molar-refractivity contribution is 7.16. The monoisotopic (exact) mass is 299 g/mol. The number of nitrogens with one attached hydrogen (secondary N) is 1. The molecule has 20 heavy (non-hydrogen) atoms. The molecule has 0 aromatic carbocycles. The fourth-order valence-corrected chi connectivity index (χ4v) is 3.05. The van der Waals surface area contributed by atoms with Gasteiger partial charge in [-0.05, 0) is 32.8 Å². The summed E-state index contributed by atoms with van der Waals surface area (Å²) >= 11 is 1.31. The standard InChI is InChI=1S/C14H21NO4S/c1-5-10-9(4)20-13(12(10)14(17)18)15-11(16)6-7-19-8(2)3/h8H,5-7H2,1-4H3,(H,15,16)(H,17,18). The zero-order valence-corrected chi connectivity index (χ0v) is 13.1. The Morgan fingerprint density at radius 2 is 2.05 bits per heavy atom. The summed E-state index contributed by atoms with van der Waals surface area (Å²) in [7, 11) is 0. The highest BCUT2D eigenvalue weighted by Crippen LogP contribution is 2.33. The molecule has 0 spiro atoms. The zero-order valence-electron chi connectivity index (χ0n) is 12.3. The molecule has 0 radical (unpaired) electrons. The second-order valence-corrected chi connectivity index (χ2v) is 5.94. The lowest BCUT2D eigenvalue weighted by Gasteiger charge is -2.08. The summed E-state index contributed by atoms with van der Waals surface area (Å²) in [5.74, 6) is -1.23. The van der Waals surface area contributed by atoms with E-state index in [1.807, 2.05) is 27.7 Å². The molecule has 0 unspecified atom stereocenters. The van der Waals surface area contributed by atoms with Gasteiger partial charge in [-0.25, -0.2) is 4.79 Å². The van der Waals surface area contributed by atoms with E-state index >= 15 is 0 Å². The summed E-state index contributed by atoms with van der Waals surface area (Å²) in [4.78, 5) is 24.1. The van der Waals surface area contributed by atoms with Crippen LogP contribution in [0.3, 0.4) is 0 Å². The molecule has 1 rings (SSSR count). The lowest BCUT2D eigenvalue weighted by atomic mass is 10.1. The molecule has 0 atom stereocenters. The van der Waals surface area contributed by atoms with Crippen molar-refractivity contribution in [2.24, 2.45) is 0 Å². The van der Waals surface area contributed by atoms with Crippen molar-refractivity contribution in [2.75, 3.05) is 11.9 Å². The van der Waals surface area contributed by atoms with Crippen LogP contribution in [0, 0.1) is 6.92 Å². The third kappa shape index (κ3) is 4.31. The van der Waals surface area contributed by atoms with Gasteiger partial charge in [0.2, 0.25) is 5.91 Å². The van der Waals surface area contributed by atoms with Gasteiger partial charge < -0.3 is 15.2 Å². The Bertz CT molecular complexity index is 494. The third-order valence-corrected chi connectivity index (χ3v) is 3.87. The number of hydrogen-bond acceptors (Lipinski definition) is 4. The molecule has 1 heterocycles. The van der Waals surface area contributed by atoms with Crippen molar-refractivity contribution >= 4 is 28.2 Å². The zero-order chi connectivity index (χ0) is 15.3. The van der Waals surface area contributed by atoms with E-state index in [-0.39, 0.29) is 24.0 Å². The Morgan fingerprint density at radius 1 is 1.40 bits per heavy atom. The Balaban J connectivity index is 2.77. The Morgan fingerprint density at radius 3 is 2.55 bits per heavy atom. The summed E-state index contributed by atoms with van der Waals surface area (Å²) in [5, 5.41) is 12.4. The van der Waals surface area contributed by atoms with Gasteiger partial charge in [0.1, 0.15) is 5.00 Å². The number of thiophene rings is 1. The van der Waals surface area contributed by atoms with Crippen LogP contribution < -0.4 is 5.32 Å². The van der Waals surface area contributed by atoms with Gasteiger partial charge in [0.25, 0.3) is 0 Å². The molecule has 1 aromatic rings. The van der Waals surface area contributed by atoms with Crippen LogP contribution in [0.25, 0.3) is 0 Å². The molecule has 0 fully saturated rings. The Hall–Kier alpha value is -1.40. The lowest BCUT2D eigenvalue weighted by Crippen LogP contribution is -2.16. The van der Waals surface area contributed by atoms with Gasteiger partial charge in [0.15, 0.2) is 0 Å². The van der Waals surface area contributed by atoms with Gasteiger partial charge in [-0.2, -0.15) is 0 Å². The first-order valence-corrected chi connectivity index (χ1v) is 7.45. The fraction of sp³-hybridized carbons (Fsp3) is 0.571. The number of carboxylic acid groups (broad SMARTS) is 1. The number of aromatic carboxylic acids is 1. The summed E-state index contributed by atoms with van der Waals surface area (Å²) in [6.45, 7) is 7.90. The van der Waals surface area contributed by atoms with Gasteiger partial charge >= 0.3 is 5.97 Å². The number of hydrogen-bond donors (Lipinski definition) is 2. The van der Waals surface area contributed by atoms with E-state index in [1.54, 1.807) is 0 Å². The SMILES string of the molecule is CCc1c(C)sc(NC(=O)CCOC(C)C)c1C(=O)O. The Kier molecular flexibility index (Phi) is 6.16. The first-order valence-electron chi connectivity index (χ1n) is 6.63. The van der Waals surface area contributed by atoms with E-state index in [0.717, 1.165) is 10.4 Å². The number of carbonyl (C=O) groups is 2. The number of amides is 1. The highest BCUT2D eigenvalue weighted by atomic mass is 32.1. The van der Waals surface area contributed by atoms with Crippen LogP contribution in [0.4, 0.5) is 5.00 Å². The predicted octanol–water partition coefficient (Wildman–Crippen LogP) is 3.07. The molecule has 6 heteroatoms. The van der Waals surface area contributed by atoms with Gasteiger partial charge in [0.05, 0.1) is 24.7 Å². The largest absolute Gasteiger partial charge is 0.478 e. The van der Waals surface area contributed by atoms with Crippen molar-refractivity contribution in [3.63, 3.8) is 0 Å². The second kappa shape index (κ2) is 7.40. The molecule has 0 aliphatic heterocycles. The molecule has 0 saturated heterocycles. The first-order chi connectivity index (χ1) is 9.36. The van der Waals surface area contributed by atoms with Crippen LogP contribution in [0.15, 0.2) is 0 Å². The maximum atomic E-state index is 11.8. The maximum absolute atomic E-state index is 11.8. The van der Waals surface area contributed by atoms with Crippen LogP contribution in [-0.4, -0.2) is 29.7 Å². The summed E-state index contributed by atoms with van der Waals surface area (Å²) < 4.78 is 5.30. The number of anilines is 1. The van der Waals surface area contributed by atoms with Crippen molar-refractivity contribution in [2.45, 2.75) is 46.6 Å². The van der Waals surface area contributed by atoms with Crippen molar-refractivity contribution in [3.05, 3.63) is 16.0 Å². The van der Waals surface area contributed by atoms with E-state index in [4.69, 9.17) is 4.74 Å². The van der Waals surface area contributed by atoms with E-state index < -0.39 is 5.97 Å². The first kappa shape index (κ1) is 16.7. The molecule has 2 N–H and O–H groups in total. The minimum absolute atomic E-state index is 0.0769. The molecule has 1 amide bonds. The van der Waals surface area contributed by atoms with E-state index in [0.29, 0.717) is 18.0 Å². The fourth-order valence-electron chi connectivity index (χ4n) is 1.90. The molecule has 0 aliphatic rings. The van der Waals surface area contributed by atoms with Crippen LogP contribution in [0.1, 0.15) is 48.0 Å². The highest BCUT2D eigenvalue weighted by Gasteiger charge is 2.21. The minimum atomic E-state index is -1.00. The van der Waals surface area contributed by atoms with Crippen LogP contribution in [0.2, 0.25) is 0 Å². The molecule has 0 aliphatic carbocycles. The van der Waals surface area contributed by atoms with Crippen molar-refractivity contribution in [3.8, 4) is 0 Å². The van der Waals surface area contributed by atoms with E-state index in [1.165, 1.54) is 11.3 Å². The second-order valence-electron chi connectivity index (χ2n) is 4.72. The number of carbonyl (C=O) groups excluding carboxylic acids is 1. The quantitative estimate of drug-likeness (QED) is 0.811. The normalized spacial score (nSPS) is 10.8. The van der Waals surface area contributed by atoms with Gasteiger partial charge in [-0.3, -0.25) is 4.79 Å². The minimum Gasteiger partial charge on any atom is -0.478 e. The molecule has 112 valence electrons. The summed E-state index contributed by atoms with van der Waals surface area (Å²) in [6.07, 6.45) is 0.930. The smallest absolute Gasteiger partial charge is 0.339 e. The molecular weight excluding hydrogens is 278 g/mol. The molecule has 0 saturated carbocycles. The van der Waals surface area contributed by atoms with E-state index in [2.05, 4.69) is 5.32 Å². The lowest BCUT2D eigenvalue weighted by molar-refractivity contribution is -0.117. The molecular formula is C14H21NO4S. The van der Waals surface area contributed by atoms with Crippen molar-refractivity contribution in [1.82, 2.24) is 0 Å². The van der Waals surface area contributed by atoms with Crippen LogP contribution in [0.5, 0.6) is 0 Å². The number of aryl methyl sites for hydroxylation is 1. The van der Waals surface area contributed by atoms with Crippen molar-refractivity contribution in [1.29, 1.82) is 0 Å². The molecule has 5 nitrogen and oxygen atoms in total. The van der Waals surface area contributed by atoms with Gasteiger partial charge in [-0.15, -0.1) is 11.3 Å². The van der Waals surface area contributed by atoms with Gasteiger partial charge in [-0.1, -0.05) is 6.92 Å². The summed E-state index contributed by atoms with van der Waals surface area (Å²) in [6, 6.07) is 0. The number of rotatable bonds is 7. The van der Waals surface area contributed by atoms with Crippen LogP contribution >= 0.6 is 11.3 Å². The third-order valence-electron chi connectivity index (χ3n) is 2.81. The molecule has 1 aromatic heterocycles. The Labute approximate surface area is 123 Å². The summed E-state index contributed by atoms with van der Waals surface area (Å²) in [5.41, 5.74) is 1.00. The number of ether oxygens (including phenoxy) is 1. The van der Waals surface area contributed by atoms with E-state index in [9.17, 15) is 14.7 Å². The number of carboxylic acids is 1.